The number of carbonyl (C=O) groups is 2. The number of aryl methyl sites for hydroxylation is 1. The van der Waals surface area contributed by atoms with Crippen molar-refractivity contribution in [3.63, 3.8) is 0 Å². The van der Waals surface area contributed by atoms with Crippen LogP contribution < -0.4 is 10.6 Å². The van der Waals surface area contributed by atoms with Crippen LogP contribution in [0.25, 0.3) is 0 Å². The van der Waals surface area contributed by atoms with E-state index in [9.17, 15) is 9.59 Å². The number of amides is 2. The molecule has 2 aromatic carbocycles. The Bertz CT molecular complexity index is 745. The molecule has 0 saturated heterocycles. The quantitative estimate of drug-likeness (QED) is 0.839. The number of carbonyl (C=O) groups excluding carboxylic acids is 2. The van der Waals surface area contributed by atoms with Crippen LogP contribution in [0, 0.1) is 6.92 Å². The predicted molar refractivity (Wildman–Crippen MR) is 104 cm³/mol. The molecule has 0 radical (unpaired) electrons. The summed E-state index contributed by atoms with van der Waals surface area (Å²) < 4.78 is 0. The van der Waals surface area contributed by atoms with Gasteiger partial charge in [0.05, 0.1) is 6.54 Å². The van der Waals surface area contributed by atoms with Crippen LogP contribution in [0.15, 0.2) is 48.5 Å². The highest BCUT2D eigenvalue weighted by Crippen LogP contribution is 2.32. The minimum absolute atomic E-state index is 0.0446. The minimum Gasteiger partial charge on any atom is -0.343 e. The van der Waals surface area contributed by atoms with Gasteiger partial charge in [0.2, 0.25) is 5.91 Å². The Hall–Kier alpha value is -2.62. The average molecular weight is 350 g/mol. The van der Waals surface area contributed by atoms with Crippen molar-refractivity contribution < 1.29 is 9.59 Å². The third kappa shape index (κ3) is 4.94. The second-order valence-electron chi connectivity index (χ2n) is 7.05. The predicted octanol–water partition coefficient (Wildman–Crippen LogP) is 4.41. The first-order valence-electron chi connectivity index (χ1n) is 9.36. The third-order valence-corrected chi connectivity index (χ3v) is 4.99. The maximum absolute atomic E-state index is 12.1. The van der Waals surface area contributed by atoms with Crippen LogP contribution in [-0.2, 0) is 4.79 Å². The van der Waals surface area contributed by atoms with Gasteiger partial charge >= 0.3 is 0 Å². The molecule has 0 atom stereocenters. The molecule has 0 bridgehead atoms. The highest BCUT2D eigenvalue weighted by Gasteiger charge is 2.15. The maximum atomic E-state index is 12.1. The van der Waals surface area contributed by atoms with Crippen LogP contribution in [0.4, 0.5) is 5.69 Å². The van der Waals surface area contributed by atoms with Gasteiger partial charge in [-0.2, -0.15) is 0 Å². The largest absolute Gasteiger partial charge is 0.343 e. The molecule has 0 unspecified atom stereocenters. The van der Waals surface area contributed by atoms with Crippen molar-refractivity contribution in [1.29, 1.82) is 0 Å². The lowest BCUT2D eigenvalue weighted by Crippen LogP contribution is -2.32. The van der Waals surface area contributed by atoms with E-state index in [2.05, 4.69) is 22.8 Å². The summed E-state index contributed by atoms with van der Waals surface area (Å²) in [5.41, 5.74) is 3.77. The molecule has 4 heteroatoms. The molecule has 2 N–H and O–H groups in total. The normalized spacial score (nSPS) is 14.7. The molecule has 0 spiro atoms. The zero-order valence-corrected chi connectivity index (χ0v) is 15.3. The molecular weight excluding hydrogens is 324 g/mol. The van der Waals surface area contributed by atoms with E-state index >= 15 is 0 Å². The summed E-state index contributed by atoms with van der Waals surface area (Å²) in [5.74, 6) is 0.186. The fourth-order valence-corrected chi connectivity index (χ4v) is 3.45. The minimum atomic E-state index is -0.243. The van der Waals surface area contributed by atoms with Crippen LogP contribution >= 0.6 is 0 Å². The van der Waals surface area contributed by atoms with Crippen LogP contribution in [-0.4, -0.2) is 18.4 Å². The van der Waals surface area contributed by atoms with Crippen molar-refractivity contribution in [3.05, 3.63) is 65.2 Å². The summed E-state index contributed by atoms with van der Waals surface area (Å²) in [6.45, 7) is 1.92. The Morgan fingerprint density at radius 1 is 0.923 bits per heavy atom. The Kier molecular flexibility index (Phi) is 6.05. The van der Waals surface area contributed by atoms with Crippen LogP contribution in [0.5, 0.6) is 0 Å². The zero-order valence-electron chi connectivity index (χ0n) is 15.3. The highest BCUT2D eigenvalue weighted by atomic mass is 16.2. The molecule has 1 aliphatic rings. The molecule has 1 aliphatic carbocycles. The first-order chi connectivity index (χ1) is 12.6. The number of anilines is 1. The lowest BCUT2D eigenvalue weighted by molar-refractivity contribution is -0.115. The second-order valence-corrected chi connectivity index (χ2v) is 7.05. The van der Waals surface area contributed by atoms with Crippen molar-refractivity contribution in [2.45, 2.75) is 44.9 Å². The van der Waals surface area contributed by atoms with Crippen LogP contribution in [0.3, 0.4) is 0 Å². The van der Waals surface area contributed by atoms with Gasteiger partial charge in [-0.3, -0.25) is 9.59 Å². The fourth-order valence-electron chi connectivity index (χ4n) is 3.45. The number of rotatable bonds is 5. The van der Waals surface area contributed by atoms with Gasteiger partial charge in [-0.25, -0.2) is 0 Å². The zero-order chi connectivity index (χ0) is 18.4. The van der Waals surface area contributed by atoms with Gasteiger partial charge in [0.15, 0.2) is 0 Å². The summed E-state index contributed by atoms with van der Waals surface area (Å²) >= 11 is 0. The maximum Gasteiger partial charge on any atom is 0.251 e. The summed E-state index contributed by atoms with van der Waals surface area (Å²) in [4.78, 5) is 24.1. The molecule has 136 valence electrons. The molecule has 2 aromatic rings. The smallest absolute Gasteiger partial charge is 0.251 e. The lowest BCUT2D eigenvalue weighted by Gasteiger charge is -2.22. The first-order valence-corrected chi connectivity index (χ1v) is 9.36. The van der Waals surface area contributed by atoms with Gasteiger partial charge in [-0.1, -0.05) is 49.1 Å². The number of nitrogens with one attached hydrogen (secondary N) is 2. The van der Waals surface area contributed by atoms with Crippen molar-refractivity contribution in [3.8, 4) is 0 Å². The van der Waals surface area contributed by atoms with Crippen molar-refractivity contribution in [1.82, 2.24) is 5.32 Å². The van der Waals surface area contributed by atoms with Gasteiger partial charge in [0.1, 0.15) is 0 Å². The number of benzene rings is 2. The summed E-state index contributed by atoms with van der Waals surface area (Å²) in [6.07, 6.45) is 6.49. The molecule has 3 rings (SSSR count). The molecular formula is C22H26N2O2. The van der Waals surface area contributed by atoms with E-state index in [0.29, 0.717) is 11.5 Å². The van der Waals surface area contributed by atoms with Crippen LogP contribution in [0.1, 0.15) is 59.5 Å². The molecule has 0 aliphatic heterocycles. The fraction of sp³-hybridized carbons (Fsp3) is 0.364. The van der Waals surface area contributed by atoms with Gasteiger partial charge in [0, 0.05) is 11.3 Å². The Morgan fingerprint density at radius 2 is 1.58 bits per heavy atom. The average Bonchev–Trinajstić information content (AvgIpc) is 2.68. The highest BCUT2D eigenvalue weighted by molar-refractivity contribution is 5.99. The summed E-state index contributed by atoms with van der Waals surface area (Å²) in [7, 11) is 0. The number of hydrogen-bond donors (Lipinski definition) is 2. The van der Waals surface area contributed by atoms with Crippen molar-refractivity contribution >= 4 is 17.5 Å². The van der Waals surface area contributed by atoms with E-state index in [1.165, 1.54) is 37.7 Å². The molecule has 0 heterocycles. The number of hydrogen-bond acceptors (Lipinski definition) is 2. The van der Waals surface area contributed by atoms with Gasteiger partial charge in [-0.05, 0) is 55.5 Å². The monoisotopic (exact) mass is 350 g/mol. The Balaban J connectivity index is 1.48. The summed E-state index contributed by atoms with van der Waals surface area (Å²) in [5, 5.41) is 5.48. The van der Waals surface area contributed by atoms with E-state index < -0.39 is 0 Å². The third-order valence-electron chi connectivity index (χ3n) is 4.99. The summed E-state index contributed by atoms with van der Waals surface area (Å²) in [6, 6.07) is 15.4. The molecule has 1 fully saturated rings. The first kappa shape index (κ1) is 18.2. The van der Waals surface area contributed by atoms with Gasteiger partial charge < -0.3 is 10.6 Å². The van der Waals surface area contributed by atoms with Gasteiger partial charge in [0.25, 0.3) is 5.91 Å². The second kappa shape index (κ2) is 8.65. The Morgan fingerprint density at radius 3 is 2.23 bits per heavy atom. The van der Waals surface area contributed by atoms with Gasteiger partial charge in [-0.15, -0.1) is 0 Å². The van der Waals surface area contributed by atoms with Crippen molar-refractivity contribution in [2.24, 2.45) is 0 Å². The van der Waals surface area contributed by atoms with Crippen LogP contribution in [0.2, 0.25) is 0 Å². The topological polar surface area (TPSA) is 58.2 Å². The van der Waals surface area contributed by atoms with E-state index in [1.54, 1.807) is 12.1 Å². The molecule has 1 saturated carbocycles. The van der Waals surface area contributed by atoms with Crippen molar-refractivity contribution in [2.75, 3.05) is 11.9 Å². The molecule has 4 nitrogen and oxygen atoms in total. The van der Waals surface area contributed by atoms with E-state index in [0.717, 1.165) is 11.3 Å². The lowest BCUT2D eigenvalue weighted by atomic mass is 9.84. The van der Waals surface area contributed by atoms with E-state index in [1.807, 2.05) is 31.2 Å². The molecule has 2 amide bonds. The SMILES string of the molecule is Cc1ccc(C(=O)NCC(=O)Nc2ccc(C3CCCCC3)cc2)cc1. The standard InChI is InChI=1S/C22H26N2O2/c1-16-7-9-19(10-8-16)22(26)23-15-21(25)24-20-13-11-18(12-14-20)17-5-3-2-4-6-17/h7-14,17H,2-6,15H2,1H3,(H,23,26)(H,24,25). The molecule has 0 aromatic heterocycles. The van der Waals surface area contributed by atoms with E-state index in [4.69, 9.17) is 0 Å². The molecule has 26 heavy (non-hydrogen) atoms. The Labute approximate surface area is 155 Å². The van der Waals surface area contributed by atoms with E-state index in [-0.39, 0.29) is 18.4 Å².